The maximum absolute atomic E-state index is 4.41. The molecule has 0 radical (unpaired) electrons. The first-order valence-electron chi connectivity index (χ1n) is 10.6. The van der Waals surface area contributed by atoms with Crippen molar-refractivity contribution in [1.29, 1.82) is 0 Å². The van der Waals surface area contributed by atoms with Gasteiger partial charge in [0.15, 0.2) is 0 Å². The molecular weight excluding hydrogens is 316 g/mol. The highest BCUT2D eigenvalue weighted by molar-refractivity contribution is 5.80. The Hall–Kier alpha value is -1.41. The molecule has 1 aliphatic heterocycles. The predicted molar refractivity (Wildman–Crippen MR) is 115 cm³/mol. The van der Waals surface area contributed by atoms with Crippen LogP contribution in [0.15, 0.2) is 22.7 Å². The van der Waals surface area contributed by atoms with Gasteiger partial charge in [-0.15, -0.1) is 0 Å². The Morgan fingerprint density at radius 3 is 2.54 bits per heavy atom. The van der Waals surface area contributed by atoms with E-state index in [-0.39, 0.29) is 0 Å². The van der Waals surface area contributed by atoms with Crippen molar-refractivity contribution < 1.29 is 0 Å². The van der Waals surface area contributed by atoms with Gasteiger partial charge in [0.05, 0.1) is 5.69 Å². The predicted octanol–water partition coefficient (Wildman–Crippen LogP) is 6.34. The third-order valence-corrected chi connectivity index (χ3v) is 6.28. The summed E-state index contributed by atoms with van der Waals surface area (Å²) in [4.78, 5) is 7.03. The molecule has 2 aliphatic rings. The Morgan fingerprint density at radius 2 is 1.85 bits per heavy atom. The van der Waals surface area contributed by atoms with Gasteiger partial charge in [-0.1, -0.05) is 19.4 Å². The van der Waals surface area contributed by atoms with Crippen LogP contribution in [0.3, 0.4) is 0 Å². The normalized spacial score (nSPS) is 18.3. The molecule has 1 aromatic rings. The molecule has 1 heterocycles. The molecule has 142 valence electrons. The lowest BCUT2D eigenvalue weighted by molar-refractivity contribution is 0.330. The van der Waals surface area contributed by atoms with Gasteiger partial charge in [0.25, 0.3) is 0 Å². The Morgan fingerprint density at radius 1 is 1.08 bits per heavy atom. The van der Waals surface area contributed by atoms with Gasteiger partial charge in [0, 0.05) is 5.56 Å². The summed E-state index contributed by atoms with van der Waals surface area (Å²) < 4.78 is 0. The van der Waals surface area contributed by atoms with Crippen LogP contribution >= 0.6 is 0 Å². The molecule has 0 spiro atoms. The fourth-order valence-electron chi connectivity index (χ4n) is 4.75. The SMILES string of the molecule is C=Nc1cc(CCCCN2CCCC2)c(C)cc1C1=C(C(C)C)CCC1. The van der Waals surface area contributed by atoms with Crippen molar-refractivity contribution in [2.45, 2.75) is 72.1 Å². The third kappa shape index (κ3) is 4.46. The lowest BCUT2D eigenvalue weighted by Gasteiger charge is -2.17. The van der Waals surface area contributed by atoms with E-state index in [1.807, 2.05) is 0 Å². The van der Waals surface area contributed by atoms with Crippen molar-refractivity contribution >= 4 is 18.0 Å². The molecule has 2 nitrogen and oxygen atoms in total. The number of benzene rings is 1. The Labute approximate surface area is 160 Å². The summed E-state index contributed by atoms with van der Waals surface area (Å²) in [6.45, 7) is 14.7. The fraction of sp³-hybridized carbons (Fsp3) is 0.625. The quantitative estimate of drug-likeness (QED) is 0.394. The minimum atomic E-state index is 0.635. The van der Waals surface area contributed by atoms with Gasteiger partial charge in [-0.05, 0) is 119 Å². The number of hydrogen-bond acceptors (Lipinski definition) is 2. The lowest BCUT2D eigenvalue weighted by atomic mass is 9.91. The summed E-state index contributed by atoms with van der Waals surface area (Å²) in [6, 6.07) is 4.71. The van der Waals surface area contributed by atoms with Crippen molar-refractivity contribution in [3.05, 3.63) is 34.4 Å². The van der Waals surface area contributed by atoms with Crippen molar-refractivity contribution in [2.75, 3.05) is 19.6 Å². The van der Waals surface area contributed by atoms with E-state index in [9.17, 15) is 0 Å². The summed E-state index contributed by atoms with van der Waals surface area (Å²) in [5.74, 6) is 0.635. The molecule has 0 N–H and O–H groups in total. The standard InChI is InChI=1S/C24H36N2/c1-18(2)21-11-9-12-22(21)23-16-19(3)20(17-24(23)25-4)10-5-6-13-26-14-7-8-15-26/h16-18H,4-15H2,1-3H3. The minimum absolute atomic E-state index is 0.635. The average molecular weight is 353 g/mol. The monoisotopic (exact) mass is 352 g/mol. The molecule has 0 saturated carbocycles. The van der Waals surface area contributed by atoms with E-state index in [0.29, 0.717) is 5.92 Å². The summed E-state index contributed by atoms with van der Waals surface area (Å²) in [7, 11) is 0. The first-order chi connectivity index (χ1) is 12.6. The number of hydrogen-bond donors (Lipinski definition) is 0. The Kier molecular flexibility index (Phi) is 6.69. The second kappa shape index (κ2) is 8.99. The van der Waals surface area contributed by atoms with Gasteiger partial charge in [0.2, 0.25) is 0 Å². The second-order valence-electron chi connectivity index (χ2n) is 8.47. The Balaban J connectivity index is 1.70. The van der Waals surface area contributed by atoms with E-state index in [0.717, 1.165) is 5.69 Å². The minimum Gasteiger partial charge on any atom is -0.303 e. The highest BCUT2D eigenvalue weighted by Gasteiger charge is 2.21. The smallest absolute Gasteiger partial charge is 0.0700 e. The zero-order valence-electron chi connectivity index (χ0n) is 17.1. The van der Waals surface area contributed by atoms with Crippen LogP contribution in [0.2, 0.25) is 0 Å². The summed E-state index contributed by atoms with van der Waals surface area (Å²) in [6.07, 6.45) is 10.3. The van der Waals surface area contributed by atoms with Gasteiger partial charge in [-0.2, -0.15) is 0 Å². The third-order valence-electron chi connectivity index (χ3n) is 6.28. The van der Waals surface area contributed by atoms with E-state index in [4.69, 9.17) is 0 Å². The molecule has 0 atom stereocenters. The molecule has 0 aromatic heterocycles. The number of aliphatic imine (C=N–C) groups is 1. The van der Waals surface area contributed by atoms with E-state index in [1.165, 1.54) is 87.7 Å². The summed E-state index contributed by atoms with van der Waals surface area (Å²) in [5.41, 5.74) is 8.51. The highest BCUT2D eigenvalue weighted by Crippen LogP contribution is 2.42. The zero-order valence-corrected chi connectivity index (χ0v) is 17.1. The van der Waals surface area contributed by atoms with Crippen LogP contribution < -0.4 is 0 Å². The number of aryl methyl sites for hydroxylation is 2. The number of nitrogens with zero attached hydrogens (tertiary/aromatic N) is 2. The van der Waals surface area contributed by atoms with E-state index < -0.39 is 0 Å². The van der Waals surface area contributed by atoms with Gasteiger partial charge < -0.3 is 4.90 Å². The molecule has 0 bridgehead atoms. The van der Waals surface area contributed by atoms with Crippen molar-refractivity contribution in [3.8, 4) is 0 Å². The van der Waals surface area contributed by atoms with E-state index >= 15 is 0 Å². The summed E-state index contributed by atoms with van der Waals surface area (Å²) in [5, 5.41) is 0. The van der Waals surface area contributed by atoms with Crippen molar-refractivity contribution in [3.63, 3.8) is 0 Å². The molecule has 3 rings (SSSR count). The first-order valence-corrected chi connectivity index (χ1v) is 10.6. The number of likely N-dealkylation sites (tertiary alicyclic amines) is 1. The van der Waals surface area contributed by atoms with Crippen LogP contribution in [0.25, 0.3) is 5.57 Å². The van der Waals surface area contributed by atoms with Crippen molar-refractivity contribution in [2.24, 2.45) is 10.9 Å². The number of unbranched alkanes of at least 4 members (excludes halogenated alkanes) is 1. The Bertz CT molecular complexity index is 663. The van der Waals surface area contributed by atoms with E-state index in [2.05, 4.69) is 49.5 Å². The highest BCUT2D eigenvalue weighted by atomic mass is 15.1. The molecule has 0 unspecified atom stereocenters. The molecule has 1 aromatic carbocycles. The second-order valence-corrected chi connectivity index (χ2v) is 8.47. The van der Waals surface area contributed by atoms with Gasteiger partial charge in [-0.25, -0.2) is 0 Å². The lowest BCUT2D eigenvalue weighted by Crippen LogP contribution is -2.20. The van der Waals surface area contributed by atoms with Crippen molar-refractivity contribution in [1.82, 2.24) is 4.90 Å². The summed E-state index contributed by atoms with van der Waals surface area (Å²) >= 11 is 0. The molecular formula is C24H36N2. The fourth-order valence-corrected chi connectivity index (χ4v) is 4.75. The van der Waals surface area contributed by atoms with E-state index in [1.54, 1.807) is 11.1 Å². The zero-order chi connectivity index (χ0) is 18.5. The maximum atomic E-state index is 4.41. The van der Waals surface area contributed by atoms with Crippen LogP contribution in [0.5, 0.6) is 0 Å². The molecule has 1 aliphatic carbocycles. The molecule has 26 heavy (non-hydrogen) atoms. The molecule has 1 fully saturated rings. The average Bonchev–Trinajstić information content (AvgIpc) is 3.31. The van der Waals surface area contributed by atoms with Gasteiger partial charge in [-0.3, -0.25) is 4.99 Å². The van der Waals surface area contributed by atoms with Gasteiger partial charge in [0.1, 0.15) is 0 Å². The number of allylic oxidation sites excluding steroid dienone is 2. The number of rotatable bonds is 8. The molecule has 2 heteroatoms. The maximum Gasteiger partial charge on any atom is 0.0700 e. The van der Waals surface area contributed by atoms with Crippen LogP contribution in [0.4, 0.5) is 5.69 Å². The largest absolute Gasteiger partial charge is 0.303 e. The topological polar surface area (TPSA) is 15.6 Å². The molecule has 1 saturated heterocycles. The van der Waals surface area contributed by atoms with Crippen LogP contribution in [0, 0.1) is 12.8 Å². The van der Waals surface area contributed by atoms with Crippen LogP contribution in [0.1, 0.15) is 75.5 Å². The molecule has 0 amide bonds. The van der Waals surface area contributed by atoms with Gasteiger partial charge >= 0.3 is 0 Å². The first kappa shape index (κ1) is 19.4. The van der Waals surface area contributed by atoms with Crippen LogP contribution in [-0.2, 0) is 6.42 Å². The van der Waals surface area contributed by atoms with Crippen LogP contribution in [-0.4, -0.2) is 31.3 Å².